The normalized spacial score (nSPS) is 25.7. The van der Waals surface area contributed by atoms with E-state index in [2.05, 4.69) is 12.2 Å². The Kier molecular flexibility index (Phi) is 6.03. The zero-order chi connectivity index (χ0) is 15.2. The Labute approximate surface area is 127 Å². The first kappa shape index (κ1) is 16.3. The van der Waals surface area contributed by atoms with Crippen molar-refractivity contribution in [1.82, 2.24) is 10.2 Å². The fourth-order valence-corrected chi connectivity index (χ4v) is 3.09. The highest BCUT2D eigenvalue weighted by molar-refractivity contribution is 5.79. The van der Waals surface area contributed by atoms with Gasteiger partial charge in [-0.3, -0.25) is 14.5 Å². The summed E-state index contributed by atoms with van der Waals surface area (Å²) in [6.45, 7) is 4.94. The Morgan fingerprint density at radius 2 is 1.86 bits per heavy atom. The Balaban J connectivity index is 1.79. The number of esters is 1. The standard InChI is InChI=1S/C16H28N2O3/c1-3-21-16(20)11-18(13-8-9-13)10-15(19)17-14-7-5-4-6-12(14)2/h12-14H,3-11H2,1-2H3,(H,17,19). The molecule has 2 aliphatic rings. The van der Waals surface area contributed by atoms with Gasteiger partial charge >= 0.3 is 5.97 Å². The lowest BCUT2D eigenvalue weighted by Crippen LogP contribution is -2.47. The molecule has 2 unspecified atom stereocenters. The second-order valence-corrected chi connectivity index (χ2v) is 6.38. The highest BCUT2D eigenvalue weighted by atomic mass is 16.5. The highest BCUT2D eigenvalue weighted by Gasteiger charge is 2.32. The van der Waals surface area contributed by atoms with Crippen LogP contribution in [0.15, 0.2) is 0 Å². The molecule has 0 aromatic carbocycles. The molecule has 2 atom stereocenters. The van der Waals surface area contributed by atoms with E-state index >= 15 is 0 Å². The van der Waals surface area contributed by atoms with Gasteiger partial charge in [-0.15, -0.1) is 0 Å². The summed E-state index contributed by atoms with van der Waals surface area (Å²) in [6, 6.07) is 0.679. The van der Waals surface area contributed by atoms with E-state index in [9.17, 15) is 9.59 Å². The summed E-state index contributed by atoms with van der Waals surface area (Å²) in [6.07, 6.45) is 6.89. The molecule has 0 spiro atoms. The SMILES string of the molecule is CCOC(=O)CN(CC(=O)NC1CCCCC1C)C1CC1. The number of amides is 1. The van der Waals surface area contributed by atoms with Gasteiger partial charge in [0, 0.05) is 12.1 Å². The summed E-state index contributed by atoms with van der Waals surface area (Å²) in [4.78, 5) is 25.8. The van der Waals surface area contributed by atoms with Gasteiger partial charge in [-0.05, 0) is 38.5 Å². The number of rotatable bonds is 7. The van der Waals surface area contributed by atoms with Crippen molar-refractivity contribution in [3.8, 4) is 0 Å². The van der Waals surface area contributed by atoms with Crippen LogP contribution in [0, 0.1) is 5.92 Å². The fourth-order valence-electron chi connectivity index (χ4n) is 3.09. The van der Waals surface area contributed by atoms with Gasteiger partial charge in [-0.2, -0.15) is 0 Å². The number of ether oxygens (including phenoxy) is 1. The predicted octanol–water partition coefficient (Wildman–Crippen LogP) is 1.71. The summed E-state index contributed by atoms with van der Waals surface area (Å²) in [5, 5.41) is 3.15. The van der Waals surface area contributed by atoms with Gasteiger partial charge in [0.05, 0.1) is 19.7 Å². The van der Waals surface area contributed by atoms with E-state index in [1.165, 1.54) is 19.3 Å². The maximum Gasteiger partial charge on any atom is 0.320 e. The minimum absolute atomic E-state index is 0.0462. The summed E-state index contributed by atoms with van der Waals surface area (Å²) >= 11 is 0. The zero-order valence-electron chi connectivity index (χ0n) is 13.3. The molecule has 1 amide bonds. The molecule has 0 aromatic rings. The number of carbonyl (C=O) groups is 2. The van der Waals surface area contributed by atoms with Crippen molar-refractivity contribution in [3.63, 3.8) is 0 Å². The Hall–Kier alpha value is -1.10. The molecule has 0 aromatic heterocycles. The third-order valence-electron chi connectivity index (χ3n) is 4.51. The van der Waals surface area contributed by atoms with Crippen LogP contribution in [0.4, 0.5) is 0 Å². The number of nitrogens with one attached hydrogen (secondary N) is 1. The summed E-state index contributed by atoms with van der Waals surface area (Å²) in [5.41, 5.74) is 0. The number of nitrogens with zero attached hydrogens (tertiary/aromatic N) is 1. The number of hydrogen-bond acceptors (Lipinski definition) is 4. The Morgan fingerprint density at radius 1 is 1.14 bits per heavy atom. The Bertz CT molecular complexity index is 369. The van der Waals surface area contributed by atoms with Crippen LogP contribution in [0.5, 0.6) is 0 Å². The van der Waals surface area contributed by atoms with Crippen LogP contribution in [-0.2, 0) is 14.3 Å². The molecule has 2 rings (SSSR count). The van der Waals surface area contributed by atoms with Crippen molar-refractivity contribution < 1.29 is 14.3 Å². The van der Waals surface area contributed by atoms with Gasteiger partial charge < -0.3 is 10.1 Å². The molecule has 5 heteroatoms. The van der Waals surface area contributed by atoms with E-state index in [-0.39, 0.29) is 18.4 Å². The largest absolute Gasteiger partial charge is 0.465 e. The van der Waals surface area contributed by atoms with Gasteiger partial charge in [-0.25, -0.2) is 0 Å². The van der Waals surface area contributed by atoms with Crippen LogP contribution in [0.25, 0.3) is 0 Å². The molecule has 2 saturated carbocycles. The summed E-state index contributed by atoms with van der Waals surface area (Å²) in [7, 11) is 0. The van der Waals surface area contributed by atoms with E-state index in [1.807, 2.05) is 4.90 Å². The second-order valence-electron chi connectivity index (χ2n) is 6.38. The minimum atomic E-state index is -0.233. The lowest BCUT2D eigenvalue weighted by molar-refractivity contribution is -0.144. The second kappa shape index (κ2) is 7.78. The van der Waals surface area contributed by atoms with Crippen molar-refractivity contribution in [2.45, 2.75) is 64.5 Å². The van der Waals surface area contributed by atoms with E-state index in [0.29, 0.717) is 31.2 Å². The van der Waals surface area contributed by atoms with E-state index in [0.717, 1.165) is 19.3 Å². The molecular formula is C16H28N2O3. The van der Waals surface area contributed by atoms with Crippen molar-refractivity contribution in [2.24, 2.45) is 5.92 Å². The first-order valence-corrected chi connectivity index (χ1v) is 8.29. The maximum absolute atomic E-state index is 12.2. The van der Waals surface area contributed by atoms with Crippen LogP contribution < -0.4 is 5.32 Å². The third kappa shape index (κ3) is 5.30. The molecular weight excluding hydrogens is 268 g/mol. The quantitative estimate of drug-likeness (QED) is 0.727. The van der Waals surface area contributed by atoms with E-state index in [4.69, 9.17) is 4.74 Å². The molecule has 21 heavy (non-hydrogen) atoms. The van der Waals surface area contributed by atoms with Gasteiger partial charge in [0.15, 0.2) is 0 Å². The topological polar surface area (TPSA) is 58.6 Å². The Morgan fingerprint density at radius 3 is 2.48 bits per heavy atom. The highest BCUT2D eigenvalue weighted by Crippen LogP contribution is 2.27. The third-order valence-corrected chi connectivity index (χ3v) is 4.51. The average Bonchev–Trinajstić information content (AvgIpc) is 3.25. The fraction of sp³-hybridized carbons (Fsp3) is 0.875. The molecule has 2 aliphatic carbocycles. The summed E-state index contributed by atoms with van der Waals surface area (Å²) < 4.78 is 4.99. The van der Waals surface area contributed by atoms with Crippen LogP contribution in [0.3, 0.4) is 0 Å². The molecule has 0 bridgehead atoms. The van der Waals surface area contributed by atoms with Gasteiger partial charge in [-0.1, -0.05) is 19.8 Å². The van der Waals surface area contributed by atoms with Crippen LogP contribution in [-0.4, -0.2) is 48.6 Å². The molecule has 0 heterocycles. The lowest BCUT2D eigenvalue weighted by Gasteiger charge is -2.30. The summed E-state index contributed by atoms with van der Waals surface area (Å²) in [5.74, 6) is 0.371. The minimum Gasteiger partial charge on any atom is -0.465 e. The molecule has 0 aliphatic heterocycles. The predicted molar refractivity (Wildman–Crippen MR) is 80.8 cm³/mol. The molecule has 1 N–H and O–H groups in total. The van der Waals surface area contributed by atoms with Gasteiger partial charge in [0.2, 0.25) is 5.91 Å². The van der Waals surface area contributed by atoms with Crippen molar-refractivity contribution in [3.05, 3.63) is 0 Å². The zero-order valence-corrected chi connectivity index (χ0v) is 13.3. The van der Waals surface area contributed by atoms with Crippen molar-refractivity contribution in [2.75, 3.05) is 19.7 Å². The van der Waals surface area contributed by atoms with Crippen LogP contribution in [0.1, 0.15) is 52.4 Å². The number of carbonyl (C=O) groups excluding carboxylic acids is 2. The monoisotopic (exact) mass is 296 g/mol. The van der Waals surface area contributed by atoms with Gasteiger partial charge in [0.25, 0.3) is 0 Å². The molecule has 0 saturated heterocycles. The first-order valence-electron chi connectivity index (χ1n) is 8.29. The smallest absolute Gasteiger partial charge is 0.320 e. The average molecular weight is 296 g/mol. The van der Waals surface area contributed by atoms with Gasteiger partial charge in [0.1, 0.15) is 0 Å². The number of hydrogen-bond donors (Lipinski definition) is 1. The molecule has 2 fully saturated rings. The van der Waals surface area contributed by atoms with Crippen LogP contribution >= 0.6 is 0 Å². The van der Waals surface area contributed by atoms with Crippen LogP contribution in [0.2, 0.25) is 0 Å². The molecule has 0 radical (unpaired) electrons. The maximum atomic E-state index is 12.2. The van der Waals surface area contributed by atoms with Crippen molar-refractivity contribution in [1.29, 1.82) is 0 Å². The van der Waals surface area contributed by atoms with Crippen molar-refractivity contribution >= 4 is 11.9 Å². The molecule has 120 valence electrons. The lowest BCUT2D eigenvalue weighted by atomic mass is 9.86. The van der Waals surface area contributed by atoms with E-state index in [1.54, 1.807) is 6.92 Å². The molecule has 5 nitrogen and oxygen atoms in total. The first-order chi connectivity index (χ1) is 10.1. The van der Waals surface area contributed by atoms with E-state index < -0.39 is 0 Å².